The van der Waals surface area contributed by atoms with E-state index in [9.17, 15) is 0 Å². The van der Waals surface area contributed by atoms with Crippen molar-refractivity contribution in [2.75, 3.05) is 6.54 Å². The fourth-order valence-corrected chi connectivity index (χ4v) is 2.13. The lowest BCUT2D eigenvalue weighted by molar-refractivity contribution is 0.127. The second kappa shape index (κ2) is 3.78. The van der Waals surface area contributed by atoms with Gasteiger partial charge in [-0.1, -0.05) is 27.7 Å². The Labute approximate surface area is 76.9 Å². The summed E-state index contributed by atoms with van der Waals surface area (Å²) in [5, 5.41) is 3.55. The molecule has 0 radical (unpaired) electrons. The van der Waals surface area contributed by atoms with Crippen LogP contribution in [-0.4, -0.2) is 12.6 Å². The molecule has 1 nitrogen and oxygen atoms in total. The van der Waals surface area contributed by atoms with Crippen LogP contribution in [0.4, 0.5) is 0 Å². The number of nitrogens with one attached hydrogen (secondary N) is 1. The van der Waals surface area contributed by atoms with Crippen molar-refractivity contribution in [3.63, 3.8) is 0 Å². The Morgan fingerprint density at radius 2 is 2.08 bits per heavy atom. The molecule has 0 spiro atoms. The average Bonchev–Trinajstić information content (AvgIpc) is 1.98. The number of hydrogen-bond acceptors (Lipinski definition) is 1. The summed E-state index contributed by atoms with van der Waals surface area (Å²) in [5.74, 6) is 0.871. The number of hydrogen-bond donors (Lipinski definition) is 1. The van der Waals surface area contributed by atoms with Crippen molar-refractivity contribution in [3.8, 4) is 0 Å². The summed E-state index contributed by atoms with van der Waals surface area (Å²) in [4.78, 5) is 0. The molecule has 0 aromatic heterocycles. The van der Waals surface area contributed by atoms with Gasteiger partial charge in [-0.25, -0.2) is 0 Å². The van der Waals surface area contributed by atoms with Crippen LogP contribution in [0.2, 0.25) is 0 Å². The van der Waals surface area contributed by atoms with Crippen LogP contribution < -0.4 is 5.32 Å². The monoisotopic (exact) mass is 169 g/mol. The van der Waals surface area contributed by atoms with E-state index in [0.717, 1.165) is 18.5 Å². The van der Waals surface area contributed by atoms with Crippen molar-refractivity contribution in [2.24, 2.45) is 11.3 Å². The van der Waals surface area contributed by atoms with E-state index in [-0.39, 0.29) is 0 Å². The Morgan fingerprint density at radius 3 is 2.58 bits per heavy atom. The Hall–Kier alpha value is -0.0400. The molecule has 0 bridgehead atoms. The van der Waals surface area contributed by atoms with Crippen molar-refractivity contribution in [2.45, 2.75) is 53.0 Å². The summed E-state index contributed by atoms with van der Waals surface area (Å²) >= 11 is 0. The smallest absolute Gasteiger partial charge is 0.00698 e. The van der Waals surface area contributed by atoms with Gasteiger partial charge in [0, 0.05) is 6.04 Å². The van der Waals surface area contributed by atoms with Crippen LogP contribution in [0, 0.1) is 11.3 Å². The molecular formula is C11H23N. The van der Waals surface area contributed by atoms with Crippen LogP contribution in [0.5, 0.6) is 0 Å². The Balaban J connectivity index is 2.41. The summed E-state index contributed by atoms with van der Waals surface area (Å²) in [6.45, 7) is 10.5. The molecule has 0 aromatic carbocycles. The first-order valence-corrected chi connectivity index (χ1v) is 5.29. The minimum atomic E-state index is 0.575. The molecule has 1 aliphatic rings. The highest BCUT2D eigenvalue weighted by Gasteiger charge is 2.32. The van der Waals surface area contributed by atoms with Crippen LogP contribution in [0.15, 0.2) is 0 Å². The van der Waals surface area contributed by atoms with E-state index in [1.807, 2.05) is 0 Å². The largest absolute Gasteiger partial charge is 0.314 e. The van der Waals surface area contributed by atoms with Crippen LogP contribution in [0.1, 0.15) is 47.0 Å². The third-order valence-corrected chi connectivity index (χ3v) is 3.60. The molecule has 1 saturated carbocycles. The molecule has 72 valence electrons. The third kappa shape index (κ3) is 2.22. The fraction of sp³-hybridized carbons (Fsp3) is 1.00. The van der Waals surface area contributed by atoms with Crippen LogP contribution >= 0.6 is 0 Å². The van der Waals surface area contributed by atoms with Gasteiger partial charge in [0.25, 0.3) is 0 Å². The van der Waals surface area contributed by atoms with E-state index in [1.165, 1.54) is 19.3 Å². The van der Waals surface area contributed by atoms with E-state index < -0.39 is 0 Å². The maximum Gasteiger partial charge on any atom is 0.00698 e. The molecule has 0 aliphatic heterocycles. The molecular weight excluding hydrogens is 146 g/mol. The maximum atomic E-state index is 3.55. The van der Waals surface area contributed by atoms with Gasteiger partial charge in [0.1, 0.15) is 0 Å². The first kappa shape index (κ1) is 10.0. The molecule has 1 fully saturated rings. The molecule has 2 atom stereocenters. The van der Waals surface area contributed by atoms with Crippen LogP contribution in [-0.2, 0) is 0 Å². The van der Waals surface area contributed by atoms with Crippen molar-refractivity contribution < 1.29 is 0 Å². The standard InChI is InChI=1S/C11H23N/c1-5-12-10-6-7-11(3,4)9(2)8-10/h9-10,12H,5-8H2,1-4H3/t9-,10-/m0/s1. The maximum absolute atomic E-state index is 3.55. The van der Waals surface area contributed by atoms with Crippen molar-refractivity contribution in [1.82, 2.24) is 5.32 Å². The Morgan fingerprint density at radius 1 is 1.42 bits per heavy atom. The minimum Gasteiger partial charge on any atom is -0.314 e. The second-order valence-electron chi connectivity index (χ2n) is 4.92. The highest BCUT2D eigenvalue weighted by atomic mass is 14.9. The molecule has 1 rings (SSSR count). The predicted octanol–water partition coefficient (Wildman–Crippen LogP) is 2.81. The normalized spacial score (nSPS) is 35.0. The zero-order chi connectivity index (χ0) is 9.19. The van der Waals surface area contributed by atoms with Crippen molar-refractivity contribution in [3.05, 3.63) is 0 Å². The van der Waals surface area contributed by atoms with Gasteiger partial charge in [-0.15, -0.1) is 0 Å². The van der Waals surface area contributed by atoms with E-state index in [4.69, 9.17) is 0 Å². The first-order valence-electron chi connectivity index (χ1n) is 5.29. The van der Waals surface area contributed by atoms with Gasteiger partial charge in [-0.3, -0.25) is 0 Å². The molecule has 1 aliphatic carbocycles. The molecule has 0 unspecified atom stereocenters. The zero-order valence-corrected chi connectivity index (χ0v) is 8.98. The lowest BCUT2D eigenvalue weighted by Crippen LogP contribution is -2.40. The van der Waals surface area contributed by atoms with E-state index in [0.29, 0.717) is 5.41 Å². The highest BCUT2D eigenvalue weighted by molar-refractivity contribution is 4.86. The molecule has 0 heterocycles. The van der Waals surface area contributed by atoms with Gasteiger partial charge >= 0.3 is 0 Å². The summed E-state index contributed by atoms with van der Waals surface area (Å²) in [5.41, 5.74) is 0.575. The lowest BCUT2D eigenvalue weighted by atomic mass is 9.68. The second-order valence-corrected chi connectivity index (χ2v) is 4.92. The highest BCUT2D eigenvalue weighted by Crippen LogP contribution is 2.39. The van der Waals surface area contributed by atoms with Gasteiger partial charge in [-0.05, 0) is 37.1 Å². The van der Waals surface area contributed by atoms with Gasteiger partial charge in [-0.2, -0.15) is 0 Å². The zero-order valence-electron chi connectivity index (χ0n) is 8.98. The Bertz CT molecular complexity index is 140. The fourth-order valence-electron chi connectivity index (χ4n) is 2.13. The average molecular weight is 169 g/mol. The summed E-state index contributed by atoms with van der Waals surface area (Å²) < 4.78 is 0. The van der Waals surface area contributed by atoms with Gasteiger partial charge in [0.05, 0.1) is 0 Å². The molecule has 0 amide bonds. The lowest BCUT2D eigenvalue weighted by Gasteiger charge is -2.40. The van der Waals surface area contributed by atoms with Gasteiger partial charge in [0.15, 0.2) is 0 Å². The summed E-state index contributed by atoms with van der Waals surface area (Å²) in [7, 11) is 0. The summed E-state index contributed by atoms with van der Waals surface area (Å²) in [6, 6.07) is 0.790. The Kier molecular flexibility index (Phi) is 3.16. The number of rotatable bonds is 2. The van der Waals surface area contributed by atoms with E-state index in [2.05, 4.69) is 33.0 Å². The quantitative estimate of drug-likeness (QED) is 0.670. The molecule has 0 saturated heterocycles. The molecule has 1 N–H and O–H groups in total. The topological polar surface area (TPSA) is 12.0 Å². The van der Waals surface area contributed by atoms with Crippen molar-refractivity contribution >= 4 is 0 Å². The SMILES string of the molecule is CCN[C@H]1CCC(C)(C)[C@@H](C)C1. The van der Waals surface area contributed by atoms with Gasteiger partial charge < -0.3 is 5.32 Å². The van der Waals surface area contributed by atoms with Crippen LogP contribution in [0.25, 0.3) is 0 Å². The van der Waals surface area contributed by atoms with Crippen LogP contribution in [0.3, 0.4) is 0 Å². The minimum absolute atomic E-state index is 0.575. The molecule has 0 aromatic rings. The first-order chi connectivity index (χ1) is 5.56. The summed E-state index contributed by atoms with van der Waals surface area (Å²) in [6.07, 6.45) is 4.11. The van der Waals surface area contributed by atoms with Crippen molar-refractivity contribution in [1.29, 1.82) is 0 Å². The molecule has 1 heteroatoms. The van der Waals surface area contributed by atoms with E-state index in [1.54, 1.807) is 0 Å². The van der Waals surface area contributed by atoms with E-state index >= 15 is 0 Å². The third-order valence-electron chi connectivity index (χ3n) is 3.60. The predicted molar refractivity (Wildman–Crippen MR) is 54.3 cm³/mol. The van der Waals surface area contributed by atoms with Gasteiger partial charge in [0.2, 0.25) is 0 Å². The molecule has 12 heavy (non-hydrogen) atoms.